The first kappa shape index (κ1) is 13.1. The first-order chi connectivity index (χ1) is 4.33. The Morgan fingerprint density at radius 1 is 1.00 bits per heavy atom. The average molecular weight is 174 g/mol. The molecule has 64 valence electrons. The Morgan fingerprint density at radius 3 is 1.82 bits per heavy atom. The molecule has 1 aromatic rings. The fourth-order valence-electron chi connectivity index (χ4n) is 0.674. The minimum atomic E-state index is 0. The third kappa shape index (κ3) is 4.03. The molecule has 0 bridgehead atoms. The van der Waals surface area contributed by atoms with Crippen molar-refractivity contribution in [2.24, 2.45) is 0 Å². The van der Waals surface area contributed by atoms with E-state index in [1.807, 2.05) is 0 Å². The van der Waals surface area contributed by atoms with Gasteiger partial charge in [-0.2, -0.15) is 0 Å². The zero-order valence-corrected chi connectivity index (χ0v) is 7.53. The molecule has 11 heavy (non-hydrogen) atoms. The lowest BCUT2D eigenvalue weighted by Gasteiger charge is -1.93. The van der Waals surface area contributed by atoms with E-state index in [1.165, 1.54) is 10.5 Å². The van der Waals surface area contributed by atoms with E-state index in [0.29, 0.717) is 0 Å². The van der Waals surface area contributed by atoms with Gasteiger partial charge in [0.2, 0.25) is 0 Å². The molecule has 0 saturated heterocycles. The van der Waals surface area contributed by atoms with Crippen LogP contribution in [0.5, 0.6) is 0 Å². The van der Waals surface area contributed by atoms with Gasteiger partial charge in [-0.25, -0.2) is 0 Å². The van der Waals surface area contributed by atoms with Crippen LogP contribution in [0.1, 0.15) is 5.56 Å². The Kier molecular flexibility index (Phi) is 7.41. The van der Waals surface area contributed by atoms with E-state index in [2.05, 4.69) is 37.4 Å². The quantitative estimate of drug-likeness (QED) is 0.587. The number of aryl methyl sites for hydroxylation is 1. The van der Waals surface area contributed by atoms with Gasteiger partial charge in [-0.3, -0.25) is 0 Å². The number of hydrogen-bond acceptors (Lipinski definition) is 1. The predicted octanol–water partition coefficient (Wildman–Crippen LogP) is 1.07. The van der Waals surface area contributed by atoms with Crippen molar-refractivity contribution < 1.29 is 11.0 Å². The summed E-state index contributed by atoms with van der Waals surface area (Å²) in [5, 5.41) is 0. The molecule has 0 aliphatic rings. The highest BCUT2D eigenvalue weighted by molar-refractivity contribution is 7.98. The maximum Gasteiger partial charge on any atom is 0.00693 e. The molecule has 0 spiro atoms. The zero-order chi connectivity index (χ0) is 6.69. The van der Waals surface area contributed by atoms with E-state index >= 15 is 0 Å². The summed E-state index contributed by atoms with van der Waals surface area (Å²) in [4.78, 5) is 1.33. The molecule has 3 heteroatoms. The molecular formula is C8H14O2S. The zero-order valence-electron chi connectivity index (χ0n) is 6.72. The number of benzene rings is 1. The smallest absolute Gasteiger partial charge is 0.00693 e. The van der Waals surface area contributed by atoms with Crippen LogP contribution in [0.15, 0.2) is 29.2 Å². The van der Waals surface area contributed by atoms with Gasteiger partial charge in [0, 0.05) is 4.90 Å². The first-order valence-corrected chi connectivity index (χ1v) is 4.16. The average Bonchev–Trinajstić information content (AvgIpc) is 1.90. The third-order valence-corrected chi connectivity index (χ3v) is 2.00. The Hall–Kier alpha value is -0.510. The molecule has 0 aromatic heterocycles. The monoisotopic (exact) mass is 174 g/mol. The van der Waals surface area contributed by atoms with E-state index in [-0.39, 0.29) is 11.0 Å². The predicted molar refractivity (Wildman–Crippen MR) is 50.2 cm³/mol. The summed E-state index contributed by atoms with van der Waals surface area (Å²) in [6.45, 7) is 2.10. The van der Waals surface area contributed by atoms with Crippen molar-refractivity contribution in [2.75, 3.05) is 6.26 Å². The molecule has 0 heterocycles. The minimum Gasteiger partial charge on any atom is -0.412 e. The summed E-state index contributed by atoms with van der Waals surface area (Å²) in [7, 11) is 0. The highest BCUT2D eigenvalue weighted by atomic mass is 32.2. The van der Waals surface area contributed by atoms with Crippen molar-refractivity contribution in [3.63, 3.8) is 0 Å². The lowest BCUT2D eigenvalue weighted by molar-refractivity contribution is 0.823. The lowest BCUT2D eigenvalue weighted by atomic mass is 10.2. The fraction of sp³-hybridized carbons (Fsp3) is 0.250. The summed E-state index contributed by atoms with van der Waals surface area (Å²) in [6.07, 6.45) is 2.09. The van der Waals surface area contributed by atoms with E-state index in [9.17, 15) is 0 Å². The topological polar surface area (TPSA) is 63.0 Å². The molecule has 1 aromatic carbocycles. The molecule has 0 unspecified atom stereocenters. The Labute approximate surface area is 71.2 Å². The van der Waals surface area contributed by atoms with Crippen molar-refractivity contribution in [1.82, 2.24) is 0 Å². The van der Waals surface area contributed by atoms with Crippen LogP contribution in [0, 0.1) is 6.92 Å². The summed E-state index contributed by atoms with van der Waals surface area (Å²) in [5.74, 6) is 0. The van der Waals surface area contributed by atoms with E-state index in [4.69, 9.17) is 0 Å². The second kappa shape index (κ2) is 6.22. The van der Waals surface area contributed by atoms with Gasteiger partial charge in [0.05, 0.1) is 0 Å². The fourth-order valence-corrected chi connectivity index (χ4v) is 1.08. The summed E-state index contributed by atoms with van der Waals surface area (Å²) in [6, 6.07) is 8.54. The van der Waals surface area contributed by atoms with Crippen LogP contribution in [0.2, 0.25) is 0 Å². The van der Waals surface area contributed by atoms with Crippen LogP contribution < -0.4 is 0 Å². The molecule has 0 fully saturated rings. The number of rotatable bonds is 1. The van der Waals surface area contributed by atoms with Gasteiger partial charge in [0.25, 0.3) is 0 Å². The maximum absolute atomic E-state index is 2.14. The van der Waals surface area contributed by atoms with Gasteiger partial charge in [0.15, 0.2) is 0 Å². The molecule has 1 rings (SSSR count). The van der Waals surface area contributed by atoms with Gasteiger partial charge in [-0.15, -0.1) is 11.8 Å². The molecule has 4 N–H and O–H groups in total. The summed E-state index contributed by atoms with van der Waals surface area (Å²) in [5.41, 5.74) is 1.33. The van der Waals surface area contributed by atoms with Crippen molar-refractivity contribution in [3.05, 3.63) is 29.8 Å². The lowest BCUT2D eigenvalue weighted by Crippen LogP contribution is -1.70. The Bertz CT molecular complexity index is 184. The van der Waals surface area contributed by atoms with E-state index in [1.54, 1.807) is 11.8 Å². The highest BCUT2D eigenvalue weighted by Crippen LogP contribution is 2.13. The van der Waals surface area contributed by atoms with Crippen LogP contribution in [0.4, 0.5) is 0 Å². The standard InChI is InChI=1S/C8H10S.2H2O/c1-7-3-5-8(9-2)6-4-7;;/h3-6H,1-2H3;2*1H2. The SMILES string of the molecule is CSc1ccc(C)cc1.O.O. The van der Waals surface area contributed by atoms with Gasteiger partial charge in [-0.05, 0) is 25.3 Å². The van der Waals surface area contributed by atoms with Gasteiger partial charge in [-0.1, -0.05) is 17.7 Å². The molecule has 0 amide bonds. The third-order valence-electron chi connectivity index (χ3n) is 1.26. The van der Waals surface area contributed by atoms with E-state index in [0.717, 1.165) is 0 Å². The van der Waals surface area contributed by atoms with Crippen LogP contribution in [0.25, 0.3) is 0 Å². The normalized spacial score (nSPS) is 7.82. The first-order valence-electron chi connectivity index (χ1n) is 2.93. The van der Waals surface area contributed by atoms with Crippen LogP contribution >= 0.6 is 11.8 Å². The minimum absolute atomic E-state index is 0. The molecule has 0 aliphatic heterocycles. The summed E-state index contributed by atoms with van der Waals surface area (Å²) < 4.78 is 0. The van der Waals surface area contributed by atoms with Crippen molar-refractivity contribution >= 4 is 11.8 Å². The van der Waals surface area contributed by atoms with Crippen LogP contribution in [-0.4, -0.2) is 17.2 Å². The number of hydrogen-bond donors (Lipinski definition) is 0. The number of thioether (sulfide) groups is 1. The molecule has 0 atom stereocenters. The van der Waals surface area contributed by atoms with Gasteiger partial charge in [0.1, 0.15) is 0 Å². The van der Waals surface area contributed by atoms with Crippen LogP contribution in [-0.2, 0) is 0 Å². The maximum atomic E-state index is 2.14. The second-order valence-corrected chi connectivity index (χ2v) is 2.90. The second-order valence-electron chi connectivity index (χ2n) is 2.02. The molecule has 0 radical (unpaired) electrons. The molecular weight excluding hydrogens is 160 g/mol. The Balaban J connectivity index is 0. The van der Waals surface area contributed by atoms with E-state index < -0.39 is 0 Å². The highest BCUT2D eigenvalue weighted by Gasteiger charge is 1.85. The molecule has 0 aliphatic carbocycles. The molecule has 0 saturated carbocycles. The van der Waals surface area contributed by atoms with Crippen molar-refractivity contribution in [2.45, 2.75) is 11.8 Å². The van der Waals surface area contributed by atoms with Crippen molar-refractivity contribution in [3.8, 4) is 0 Å². The largest absolute Gasteiger partial charge is 0.412 e. The Morgan fingerprint density at radius 2 is 1.45 bits per heavy atom. The molecule has 2 nitrogen and oxygen atoms in total. The van der Waals surface area contributed by atoms with Crippen molar-refractivity contribution in [1.29, 1.82) is 0 Å². The van der Waals surface area contributed by atoms with Crippen LogP contribution in [0.3, 0.4) is 0 Å². The van der Waals surface area contributed by atoms with Gasteiger partial charge >= 0.3 is 0 Å². The van der Waals surface area contributed by atoms with Gasteiger partial charge < -0.3 is 11.0 Å². The summed E-state index contributed by atoms with van der Waals surface area (Å²) >= 11 is 1.78.